The molecule has 0 aromatic rings. The van der Waals surface area contributed by atoms with Gasteiger partial charge in [-0.05, 0) is 69.1 Å². The molecule has 5 heteroatoms. The quantitative estimate of drug-likeness (QED) is 0.740. The lowest BCUT2D eigenvalue weighted by atomic mass is 9.87. The van der Waals surface area contributed by atoms with Crippen LogP contribution in [0.3, 0.4) is 0 Å². The molecule has 1 saturated heterocycles. The number of aliphatic imine (C=N–C) groups is 1. The van der Waals surface area contributed by atoms with Gasteiger partial charge in [-0.1, -0.05) is 18.2 Å². The first kappa shape index (κ1) is 16.1. The van der Waals surface area contributed by atoms with Crippen molar-refractivity contribution < 1.29 is 14.3 Å². The largest absolute Gasteiger partial charge is 0.353 e. The lowest BCUT2D eigenvalue weighted by Crippen LogP contribution is -2.24. The monoisotopic (exact) mass is 337 g/mol. The predicted octanol–water partition coefficient (Wildman–Crippen LogP) is 3.79. The SMILES string of the molecule is O=C1N=C(C[C@H]2C[C@@H]3CC[C@H]2C3)SC1CCOC1CCCCO1. The van der Waals surface area contributed by atoms with Crippen LogP contribution in [0.25, 0.3) is 0 Å². The van der Waals surface area contributed by atoms with Gasteiger partial charge in [0, 0.05) is 6.61 Å². The highest BCUT2D eigenvalue weighted by atomic mass is 32.2. The molecule has 4 rings (SSSR count). The van der Waals surface area contributed by atoms with Crippen molar-refractivity contribution in [3.63, 3.8) is 0 Å². The molecule has 2 heterocycles. The number of thioether (sulfide) groups is 1. The Hall–Kier alpha value is -0.390. The van der Waals surface area contributed by atoms with Crippen LogP contribution in [0.1, 0.15) is 57.8 Å². The van der Waals surface area contributed by atoms with Crippen LogP contribution in [-0.4, -0.2) is 35.7 Å². The zero-order valence-electron chi connectivity index (χ0n) is 13.7. The smallest absolute Gasteiger partial charge is 0.260 e. The third-order valence-electron chi connectivity index (χ3n) is 5.93. The fourth-order valence-electron chi connectivity index (χ4n) is 4.71. The molecule has 0 radical (unpaired) electrons. The molecule has 0 N–H and O–H groups in total. The molecule has 0 aromatic carbocycles. The average Bonchev–Trinajstić information content (AvgIpc) is 3.25. The Balaban J connectivity index is 1.19. The third kappa shape index (κ3) is 3.83. The van der Waals surface area contributed by atoms with Gasteiger partial charge in [0.2, 0.25) is 0 Å². The summed E-state index contributed by atoms with van der Waals surface area (Å²) in [5, 5.41) is 1.07. The summed E-state index contributed by atoms with van der Waals surface area (Å²) in [7, 11) is 0. The molecular formula is C18H27NO3S. The molecule has 2 unspecified atom stereocenters. The van der Waals surface area contributed by atoms with Crippen LogP contribution < -0.4 is 0 Å². The van der Waals surface area contributed by atoms with Crippen molar-refractivity contribution in [3.8, 4) is 0 Å². The molecule has 2 saturated carbocycles. The Morgan fingerprint density at radius 1 is 1.22 bits per heavy atom. The summed E-state index contributed by atoms with van der Waals surface area (Å²) in [5.74, 6) is 2.72. The first-order valence-electron chi connectivity index (χ1n) is 9.29. The van der Waals surface area contributed by atoms with Gasteiger partial charge in [-0.2, -0.15) is 0 Å². The zero-order chi connectivity index (χ0) is 15.6. The van der Waals surface area contributed by atoms with Crippen LogP contribution in [-0.2, 0) is 14.3 Å². The first-order chi connectivity index (χ1) is 11.3. The molecule has 2 aliphatic carbocycles. The molecule has 0 aromatic heterocycles. The third-order valence-corrected chi connectivity index (χ3v) is 7.18. The van der Waals surface area contributed by atoms with Crippen molar-refractivity contribution >= 4 is 22.7 Å². The second kappa shape index (κ2) is 7.24. The van der Waals surface area contributed by atoms with Gasteiger partial charge in [0.05, 0.1) is 16.9 Å². The number of carbonyl (C=O) groups is 1. The molecule has 4 aliphatic rings. The minimum absolute atomic E-state index is 0.0211. The van der Waals surface area contributed by atoms with Crippen LogP contribution in [0, 0.1) is 17.8 Å². The van der Waals surface area contributed by atoms with Crippen molar-refractivity contribution in [2.24, 2.45) is 22.7 Å². The molecule has 23 heavy (non-hydrogen) atoms. The number of rotatable bonds is 6. The Bertz CT molecular complexity index is 475. The van der Waals surface area contributed by atoms with Gasteiger partial charge in [-0.3, -0.25) is 4.79 Å². The normalized spacial score (nSPS) is 39.9. The van der Waals surface area contributed by atoms with E-state index in [4.69, 9.17) is 9.47 Å². The van der Waals surface area contributed by atoms with E-state index >= 15 is 0 Å². The molecule has 3 fully saturated rings. The summed E-state index contributed by atoms with van der Waals surface area (Å²) in [5.41, 5.74) is 0. The average molecular weight is 337 g/mol. The summed E-state index contributed by atoms with van der Waals surface area (Å²) in [6.07, 6.45) is 10.7. The van der Waals surface area contributed by atoms with Crippen molar-refractivity contribution in [1.82, 2.24) is 0 Å². The minimum atomic E-state index is -0.0558. The molecule has 1 amide bonds. The van der Waals surface area contributed by atoms with Crippen molar-refractivity contribution in [1.29, 1.82) is 0 Å². The number of hydrogen-bond acceptors (Lipinski definition) is 4. The van der Waals surface area contributed by atoms with Gasteiger partial charge >= 0.3 is 0 Å². The van der Waals surface area contributed by atoms with E-state index in [-0.39, 0.29) is 17.4 Å². The topological polar surface area (TPSA) is 47.9 Å². The van der Waals surface area contributed by atoms with E-state index in [1.165, 1.54) is 32.1 Å². The number of ether oxygens (including phenoxy) is 2. The van der Waals surface area contributed by atoms with E-state index in [1.807, 2.05) is 0 Å². The minimum Gasteiger partial charge on any atom is -0.353 e. The highest BCUT2D eigenvalue weighted by Gasteiger charge is 2.41. The van der Waals surface area contributed by atoms with Crippen molar-refractivity contribution in [2.75, 3.05) is 13.2 Å². The number of amides is 1. The Morgan fingerprint density at radius 3 is 2.91 bits per heavy atom. The zero-order valence-corrected chi connectivity index (χ0v) is 14.6. The molecule has 0 spiro atoms. The van der Waals surface area contributed by atoms with Gasteiger partial charge in [0.15, 0.2) is 6.29 Å². The van der Waals surface area contributed by atoms with Gasteiger partial charge in [-0.25, -0.2) is 4.99 Å². The van der Waals surface area contributed by atoms with Crippen LogP contribution in [0.4, 0.5) is 0 Å². The van der Waals surface area contributed by atoms with Crippen molar-refractivity contribution in [3.05, 3.63) is 0 Å². The second-order valence-corrected chi connectivity index (χ2v) is 8.82. The molecule has 5 atom stereocenters. The molecule has 2 bridgehead atoms. The summed E-state index contributed by atoms with van der Waals surface area (Å²) in [6.45, 7) is 1.41. The van der Waals surface area contributed by atoms with Gasteiger partial charge in [-0.15, -0.1) is 0 Å². The summed E-state index contributed by atoms with van der Waals surface area (Å²) in [6, 6.07) is 0. The Morgan fingerprint density at radius 2 is 2.17 bits per heavy atom. The van der Waals surface area contributed by atoms with Crippen LogP contribution in [0.15, 0.2) is 4.99 Å². The van der Waals surface area contributed by atoms with Gasteiger partial charge in [0.1, 0.15) is 0 Å². The van der Waals surface area contributed by atoms with E-state index in [1.54, 1.807) is 11.8 Å². The molecular weight excluding hydrogens is 310 g/mol. The maximum atomic E-state index is 12.1. The number of fused-ring (bicyclic) bond motifs is 2. The standard InChI is InChI=1S/C18H27NO3S/c20-18-15(6-8-22-17-3-1-2-7-21-17)23-16(19-18)11-14-10-12-4-5-13(14)9-12/h12-15,17H,1-11H2/t12-,13+,14-,15?,17?/m1/s1. The van der Waals surface area contributed by atoms with Crippen LogP contribution in [0.2, 0.25) is 0 Å². The number of carbonyl (C=O) groups excluding carboxylic acids is 1. The maximum absolute atomic E-state index is 12.1. The predicted molar refractivity (Wildman–Crippen MR) is 91.5 cm³/mol. The summed E-state index contributed by atoms with van der Waals surface area (Å²) in [4.78, 5) is 16.4. The van der Waals surface area contributed by atoms with Gasteiger partial charge in [0.25, 0.3) is 5.91 Å². The fourth-order valence-corrected chi connectivity index (χ4v) is 5.86. The van der Waals surface area contributed by atoms with Crippen LogP contribution in [0.5, 0.6) is 0 Å². The fraction of sp³-hybridized carbons (Fsp3) is 0.889. The van der Waals surface area contributed by atoms with E-state index < -0.39 is 0 Å². The lowest BCUT2D eigenvalue weighted by Gasteiger charge is -2.23. The summed E-state index contributed by atoms with van der Waals surface area (Å²) < 4.78 is 11.3. The van der Waals surface area contributed by atoms with Crippen LogP contribution >= 0.6 is 11.8 Å². The van der Waals surface area contributed by atoms with Gasteiger partial charge < -0.3 is 9.47 Å². The highest BCUT2D eigenvalue weighted by molar-refractivity contribution is 8.15. The number of hydrogen-bond donors (Lipinski definition) is 0. The van der Waals surface area contributed by atoms with E-state index in [0.717, 1.165) is 55.1 Å². The molecule has 2 aliphatic heterocycles. The Kier molecular flexibility index (Phi) is 5.07. The molecule has 128 valence electrons. The van der Waals surface area contributed by atoms with E-state index in [0.29, 0.717) is 6.61 Å². The number of nitrogens with zero attached hydrogens (tertiary/aromatic N) is 1. The summed E-state index contributed by atoms with van der Waals surface area (Å²) >= 11 is 1.70. The Labute approximate surface area is 142 Å². The van der Waals surface area contributed by atoms with Crippen molar-refractivity contribution in [2.45, 2.75) is 69.3 Å². The lowest BCUT2D eigenvalue weighted by molar-refractivity contribution is -0.163. The van der Waals surface area contributed by atoms with E-state index in [2.05, 4.69) is 4.99 Å². The maximum Gasteiger partial charge on any atom is 0.260 e. The highest BCUT2D eigenvalue weighted by Crippen LogP contribution is 2.50. The van der Waals surface area contributed by atoms with E-state index in [9.17, 15) is 4.79 Å². The first-order valence-corrected chi connectivity index (χ1v) is 10.2. The second-order valence-electron chi connectivity index (χ2n) is 7.54. The molecule has 4 nitrogen and oxygen atoms in total.